The number of benzene rings is 1. The Hall–Kier alpha value is -0.950. The highest BCUT2D eigenvalue weighted by molar-refractivity contribution is 7.89. The van der Waals surface area contributed by atoms with Gasteiger partial charge in [0.1, 0.15) is 5.25 Å². The van der Waals surface area contributed by atoms with Gasteiger partial charge in [0.15, 0.2) is 0 Å². The molecule has 6 heteroatoms. The molecule has 0 spiro atoms. The lowest BCUT2D eigenvalue weighted by Gasteiger charge is -2.41. The van der Waals surface area contributed by atoms with E-state index in [2.05, 4.69) is 29.9 Å². The normalized spacial score (nSPS) is 28.8. The summed E-state index contributed by atoms with van der Waals surface area (Å²) in [7, 11) is -3.23. The van der Waals surface area contributed by atoms with Crippen LogP contribution in [0.15, 0.2) is 30.3 Å². The molecule has 116 valence electrons. The summed E-state index contributed by atoms with van der Waals surface area (Å²) < 4.78 is 27.2. The molecule has 0 bridgehead atoms. The summed E-state index contributed by atoms with van der Waals surface area (Å²) in [4.78, 5) is 0. The van der Waals surface area contributed by atoms with Crippen LogP contribution in [0.1, 0.15) is 25.3 Å². The molecule has 0 aromatic heterocycles. The van der Waals surface area contributed by atoms with Gasteiger partial charge >= 0.3 is 0 Å². The molecule has 1 aromatic carbocycles. The van der Waals surface area contributed by atoms with E-state index in [1.165, 1.54) is 5.56 Å². The van der Waals surface area contributed by atoms with E-state index in [9.17, 15) is 8.42 Å². The third kappa shape index (κ3) is 2.85. The summed E-state index contributed by atoms with van der Waals surface area (Å²) in [6, 6.07) is 10.3. The van der Waals surface area contributed by atoms with Crippen molar-refractivity contribution < 1.29 is 8.42 Å². The van der Waals surface area contributed by atoms with Crippen molar-refractivity contribution in [2.45, 2.75) is 30.4 Å². The molecule has 2 N–H and O–H groups in total. The van der Waals surface area contributed by atoms with E-state index in [0.29, 0.717) is 26.2 Å². The predicted molar refractivity (Wildman–Crippen MR) is 83.3 cm³/mol. The van der Waals surface area contributed by atoms with Crippen molar-refractivity contribution in [3.05, 3.63) is 35.9 Å². The zero-order valence-electron chi connectivity index (χ0n) is 12.4. The molecular weight excluding hydrogens is 286 g/mol. The number of hydrazine groups is 1. The van der Waals surface area contributed by atoms with Gasteiger partial charge in [-0.2, -0.15) is 0 Å². The van der Waals surface area contributed by atoms with Gasteiger partial charge in [-0.25, -0.2) is 12.7 Å². The average molecular weight is 309 g/mol. The first-order valence-corrected chi connectivity index (χ1v) is 9.03. The smallest absolute Gasteiger partial charge is 0.219 e. The lowest BCUT2D eigenvalue weighted by molar-refractivity contribution is 0.239. The summed E-state index contributed by atoms with van der Waals surface area (Å²) in [6.07, 6.45) is 1.95. The molecule has 1 unspecified atom stereocenters. The Labute approximate surface area is 126 Å². The fourth-order valence-corrected chi connectivity index (χ4v) is 5.21. The first-order chi connectivity index (χ1) is 10.0. The number of hydrogen-bond donors (Lipinski definition) is 2. The lowest BCUT2D eigenvalue weighted by atomic mass is 9.77. The third-order valence-corrected chi connectivity index (χ3v) is 6.90. The number of hydrogen-bond acceptors (Lipinski definition) is 4. The van der Waals surface area contributed by atoms with Crippen molar-refractivity contribution >= 4 is 10.0 Å². The van der Waals surface area contributed by atoms with Crippen LogP contribution in [0.25, 0.3) is 0 Å². The summed E-state index contributed by atoms with van der Waals surface area (Å²) >= 11 is 0. The average Bonchev–Trinajstić information content (AvgIpc) is 3.03. The second-order valence-electron chi connectivity index (χ2n) is 6.29. The van der Waals surface area contributed by atoms with E-state index in [1.54, 1.807) is 4.31 Å². The second kappa shape index (κ2) is 5.68. The molecule has 2 saturated heterocycles. The maximum absolute atomic E-state index is 12.8. The van der Waals surface area contributed by atoms with Gasteiger partial charge in [-0.05, 0) is 18.4 Å². The Balaban J connectivity index is 1.83. The molecule has 21 heavy (non-hydrogen) atoms. The van der Waals surface area contributed by atoms with E-state index >= 15 is 0 Å². The van der Waals surface area contributed by atoms with Gasteiger partial charge in [-0.15, -0.1) is 0 Å². The third-order valence-electron chi connectivity index (χ3n) is 4.70. The molecule has 2 fully saturated rings. The van der Waals surface area contributed by atoms with Crippen LogP contribution < -0.4 is 10.9 Å². The SMILES string of the molecule is CC1(c2ccccc2)CCCN(S(=O)(=O)C2CNNC2)C1. The van der Waals surface area contributed by atoms with Crippen LogP contribution in [0.3, 0.4) is 0 Å². The van der Waals surface area contributed by atoms with Crippen molar-refractivity contribution in [1.29, 1.82) is 0 Å². The van der Waals surface area contributed by atoms with E-state index in [4.69, 9.17) is 0 Å². The molecule has 2 aliphatic heterocycles. The van der Waals surface area contributed by atoms with Crippen molar-refractivity contribution in [3.8, 4) is 0 Å². The standard InChI is InChI=1S/C15H23N3O2S/c1-15(13-6-3-2-4-7-13)8-5-9-18(12-15)21(19,20)14-10-16-17-11-14/h2-4,6-7,14,16-17H,5,8-12H2,1H3. The summed E-state index contributed by atoms with van der Waals surface area (Å²) in [6.45, 7) is 4.37. The van der Waals surface area contributed by atoms with Crippen LogP contribution in [0, 0.1) is 0 Å². The molecule has 2 heterocycles. The predicted octanol–water partition coefficient (Wildman–Crippen LogP) is 0.846. The van der Waals surface area contributed by atoms with Gasteiger partial charge in [-0.3, -0.25) is 10.9 Å². The molecular formula is C15H23N3O2S. The highest BCUT2D eigenvalue weighted by Gasteiger charge is 2.41. The Kier molecular flexibility index (Phi) is 4.05. The molecule has 0 amide bonds. The first-order valence-electron chi connectivity index (χ1n) is 7.53. The number of rotatable bonds is 3. The highest BCUT2D eigenvalue weighted by atomic mass is 32.2. The minimum Gasteiger partial charge on any atom is -0.256 e. The molecule has 1 aromatic rings. The molecule has 2 aliphatic rings. The topological polar surface area (TPSA) is 61.4 Å². The highest BCUT2D eigenvalue weighted by Crippen LogP contribution is 2.35. The zero-order valence-corrected chi connectivity index (χ0v) is 13.2. The number of piperidine rings is 1. The van der Waals surface area contributed by atoms with Gasteiger partial charge < -0.3 is 0 Å². The van der Waals surface area contributed by atoms with Gasteiger partial charge in [0.2, 0.25) is 10.0 Å². The molecule has 0 radical (unpaired) electrons. The maximum atomic E-state index is 12.8. The number of nitrogens with zero attached hydrogens (tertiary/aromatic N) is 1. The van der Waals surface area contributed by atoms with Crippen LogP contribution in [-0.4, -0.2) is 44.2 Å². The van der Waals surface area contributed by atoms with Crippen LogP contribution >= 0.6 is 0 Å². The Morgan fingerprint density at radius 3 is 2.52 bits per heavy atom. The molecule has 0 aliphatic carbocycles. The van der Waals surface area contributed by atoms with Gasteiger partial charge in [-0.1, -0.05) is 37.3 Å². The van der Waals surface area contributed by atoms with Crippen molar-refractivity contribution in [3.63, 3.8) is 0 Å². The number of sulfonamides is 1. The van der Waals surface area contributed by atoms with Gasteiger partial charge in [0.05, 0.1) is 0 Å². The molecule has 1 atom stereocenters. The number of nitrogens with one attached hydrogen (secondary N) is 2. The molecule has 3 rings (SSSR count). The summed E-state index contributed by atoms with van der Waals surface area (Å²) in [5, 5.41) is -0.351. The van der Waals surface area contributed by atoms with Gasteiger partial charge in [0.25, 0.3) is 0 Å². The summed E-state index contributed by atoms with van der Waals surface area (Å²) in [5.41, 5.74) is 6.97. The van der Waals surface area contributed by atoms with Crippen molar-refractivity contribution in [2.75, 3.05) is 26.2 Å². The van der Waals surface area contributed by atoms with E-state index in [0.717, 1.165) is 12.8 Å². The quantitative estimate of drug-likeness (QED) is 0.869. The Morgan fingerprint density at radius 2 is 1.86 bits per heavy atom. The lowest BCUT2D eigenvalue weighted by Crippen LogP contribution is -2.50. The van der Waals surface area contributed by atoms with Crippen LogP contribution in [0.5, 0.6) is 0 Å². The monoisotopic (exact) mass is 309 g/mol. The fourth-order valence-electron chi connectivity index (χ4n) is 3.35. The van der Waals surface area contributed by atoms with Crippen molar-refractivity contribution in [2.24, 2.45) is 0 Å². The van der Waals surface area contributed by atoms with Crippen LogP contribution in [0.2, 0.25) is 0 Å². The Bertz CT molecular complexity index is 584. The summed E-state index contributed by atoms with van der Waals surface area (Å²) in [5.74, 6) is 0. The minimum absolute atomic E-state index is 0.0912. The van der Waals surface area contributed by atoms with Crippen LogP contribution in [-0.2, 0) is 15.4 Å². The zero-order chi connectivity index (χ0) is 14.9. The van der Waals surface area contributed by atoms with Gasteiger partial charge in [0, 0.05) is 31.6 Å². The van der Waals surface area contributed by atoms with E-state index in [-0.39, 0.29) is 10.7 Å². The molecule has 0 saturated carbocycles. The minimum atomic E-state index is -3.23. The molecule has 5 nitrogen and oxygen atoms in total. The largest absolute Gasteiger partial charge is 0.256 e. The second-order valence-corrected chi connectivity index (χ2v) is 8.51. The van der Waals surface area contributed by atoms with Crippen LogP contribution in [0.4, 0.5) is 0 Å². The maximum Gasteiger partial charge on any atom is 0.219 e. The fraction of sp³-hybridized carbons (Fsp3) is 0.600. The Morgan fingerprint density at radius 1 is 1.19 bits per heavy atom. The van der Waals surface area contributed by atoms with E-state index in [1.807, 2.05) is 18.2 Å². The van der Waals surface area contributed by atoms with E-state index < -0.39 is 10.0 Å². The van der Waals surface area contributed by atoms with Crippen molar-refractivity contribution in [1.82, 2.24) is 15.2 Å². The first kappa shape index (κ1) is 15.0.